The molecule has 1 heterocycles. The van der Waals surface area contributed by atoms with Crippen LogP contribution in [0.4, 0.5) is 0 Å². The van der Waals surface area contributed by atoms with Gasteiger partial charge in [0.05, 0.1) is 6.61 Å². The van der Waals surface area contributed by atoms with Crippen LogP contribution in [-0.4, -0.2) is 34.7 Å². The number of esters is 1. The standard InChI is InChI=1S/C21H36O5/c1-3-4-5-6-9-12-16(2)13-10-7-8-11-14-17(23)19-20(24)18(15-22)26-21(19)25/h16,18,22,24H,3-15H2,1-2H3. The number of unbranched alkanes of at least 4 members (excludes halogenated alkanes) is 7. The third kappa shape index (κ3) is 7.90. The number of carbonyl (C=O) groups is 2. The van der Waals surface area contributed by atoms with Gasteiger partial charge in [0.1, 0.15) is 5.57 Å². The van der Waals surface area contributed by atoms with Gasteiger partial charge >= 0.3 is 5.97 Å². The maximum Gasteiger partial charge on any atom is 0.346 e. The van der Waals surface area contributed by atoms with Gasteiger partial charge < -0.3 is 14.9 Å². The van der Waals surface area contributed by atoms with E-state index in [1.807, 2.05) is 0 Å². The summed E-state index contributed by atoms with van der Waals surface area (Å²) in [5.41, 5.74) is -0.277. The molecule has 0 bridgehead atoms. The first-order valence-corrected chi connectivity index (χ1v) is 10.3. The summed E-state index contributed by atoms with van der Waals surface area (Å²) in [6.07, 6.45) is 12.3. The molecule has 0 fully saturated rings. The summed E-state index contributed by atoms with van der Waals surface area (Å²) in [6.45, 7) is 4.05. The molecule has 5 heteroatoms. The molecule has 0 amide bonds. The van der Waals surface area contributed by atoms with Crippen LogP contribution < -0.4 is 0 Å². The second kappa shape index (κ2) is 12.9. The minimum atomic E-state index is -1.08. The van der Waals surface area contributed by atoms with Gasteiger partial charge in [-0.25, -0.2) is 4.79 Å². The van der Waals surface area contributed by atoms with E-state index in [1.54, 1.807) is 0 Å². The summed E-state index contributed by atoms with van der Waals surface area (Å²) < 4.78 is 4.75. The molecule has 1 aliphatic rings. The van der Waals surface area contributed by atoms with E-state index in [0.29, 0.717) is 6.42 Å². The Balaban J connectivity index is 2.09. The lowest BCUT2D eigenvalue weighted by Gasteiger charge is -2.10. The van der Waals surface area contributed by atoms with Gasteiger partial charge in [-0.15, -0.1) is 0 Å². The molecule has 1 rings (SSSR count). The number of carbonyl (C=O) groups excluding carboxylic acids is 2. The number of ketones is 1. The summed E-state index contributed by atoms with van der Waals surface area (Å²) in [6, 6.07) is 0. The minimum absolute atomic E-state index is 0.236. The Morgan fingerprint density at radius 1 is 1.04 bits per heavy atom. The minimum Gasteiger partial charge on any atom is -0.507 e. The summed E-state index contributed by atoms with van der Waals surface area (Å²) >= 11 is 0. The molecular weight excluding hydrogens is 332 g/mol. The molecule has 0 spiro atoms. The molecule has 2 unspecified atom stereocenters. The molecule has 2 N–H and O–H groups in total. The van der Waals surface area contributed by atoms with Gasteiger partial charge in [0.2, 0.25) is 0 Å². The Kier molecular flexibility index (Phi) is 11.3. The highest BCUT2D eigenvalue weighted by Gasteiger charge is 2.37. The van der Waals surface area contributed by atoms with Gasteiger partial charge in [-0.05, 0) is 12.3 Å². The van der Waals surface area contributed by atoms with E-state index in [2.05, 4.69) is 13.8 Å². The first kappa shape index (κ1) is 22.7. The molecule has 0 radical (unpaired) electrons. The van der Waals surface area contributed by atoms with Crippen molar-refractivity contribution in [1.29, 1.82) is 0 Å². The zero-order valence-corrected chi connectivity index (χ0v) is 16.5. The molecule has 0 saturated heterocycles. The molecule has 0 aromatic heterocycles. The van der Waals surface area contributed by atoms with E-state index in [4.69, 9.17) is 9.84 Å². The van der Waals surface area contributed by atoms with E-state index < -0.39 is 24.4 Å². The van der Waals surface area contributed by atoms with Crippen molar-refractivity contribution in [2.75, 3.05) is 6.61 Å². The van der Waals surface area contributed by atoms with Gasteiger partial charge in [0, 0.05) is 6.42 Å². The quantitative estimate of drug-likeness (QED) is 0.250. The lowest BCUT2D eigenvalue weighted by Crippen LogP contribution is -2.15. The highest BCUT2D eigenvalue weighted by molar-refractivity contribution is 6.19. The lowest BCUT2D eigenvalue weighted by molar-refractivity contribution is -0.142. The second-order valence-corrected chi connectivity index (χ2v) is 7.52. The van der Waals surface area contributed by atoms with Crippen molar-refractivity contribution in [2.24, 2.45) is 5.92 Å². The van der Waals surface area contributed by atoms with Crippen molar-refractivity contribution in [1.82, 2.24) is 0 Å². The number of rotatable bonds is 15. The number of ether oxygens (including phenoxy) is 1. The maximum absolute atomic E-state index is 12.1. The zero-order chi connectivity index (χ0) is 19.4. The van der Waals surface area contributed by atoms with Crippen LogP contribution in [0.3, 0.4) is 0 Å². The average Bonchev–Trinajstić information content (AvgIpc) is 2.91. The molecule has 2 atom stereocenters. The Labute approximate surface area is 157 Å². The number of hydrogen-bond acceptors (Lipinski definition) is 5. The highest BCUT2D eigenvalue weighted by Crippen LogP contribution is 2.23. The van der Waals surface area contributed by atoms with Gasteiger partial charge in [0.25, 0.3) is 0 Å². The predicted octanol–water partition coefficient (Wildman–Crippen LogP) is 4.62. The number of hydrogen-bond donors (Lipinski definition) is 2. The van der Waals surface area contributed by atoms with E-state index in [-0.39, 0.29) is 17.8 Å². The SMILES string of the molecule is CCCCCCCC(C)CCCCCCC(=O)C1=C(O)C(CO)OC1=O. The second-order valence-electron chi connectivity index (χ2n) is 7.52. The number of Topliss-reactive ketones (excluding diaryl/α,β-unsaturated/α-hetero) is 1. The van der Waals surface area contributed by atoms with Crippen LogP contribution >= 0.6 is 0 Å². The van der Waals surface area contributed by atoms with Gasteiger partial charge in [-0.3, -0.25) is 4.79 Å². The van der Waals surface area contributed by atoms with Crippen molar-refractivity contribution in [3.63, 3.8) is 0 Å². The predicted molar refractivity (Wildman–Crippen MR) is 102 cm³/mol. The van der Waals surface area contributed by atoms with Crippen molar-refractivity contribution in [3.8, 4) is 0 Å². The van der Waals surface area contributed by atoms with Gasteiger partial charge in [-0.1, -0.05) is 78.1 Å². The average molecular weight is 369 g/mol. The largest absolute Gasteiger partial charge is 0.507 e. The Bertz CT molecular complexity index is 469. The van der Waals surface area contributed by atoms with E-state index in [1.165, 1.54) is 51.4 Å². The zero-order valence-electron chi connectivity index (χ0n) is 16.5. The van der Waals surface area contributed by atoms with Crippen LogP contribution in [0.5, 0.6) is 0 Å². The number of cyclic esters (lactones) is 1. The summed E-state index contributed by atoms with van der Waals surface area (Å²) in [5, 5.41) is 18.7. The van der Waals surface area contributed by atoms with Crippen molar-refractivity contribution in [3.05, 3.63) is 11.3 Å². The molecule has 0 saturated carbocycles. The number of aliphatic hydroxyl groups excluding tert-OH is 2. The normalized spacial score (nSPS) is 18.3. The molecule has 26 heavy (non-hydrogen) atoms. The molecule has 0 aromatic rings. The fraction of sp³-hybridized carbons (Fsp3) is 0.810. The van der Waals surface area contributed by atoms with Gasteiger partial charge in [0.15, 0.2) is 17.6 Å². The summed E-state index contributed by atoms with van der Waals surface area (Å²) in [5.74, 6) is -0.859. The molecule has 5 nitrogen and oxygen atoms in total. The van der Waals surface area contributed by atoms with Crippen LogP contribution in [0.25, 0.3) is 0 Å². The van der Waals surface area contributed by atoms with Crippen LogP contribution in [-0.2, 0) is 14.3 Å². The first-order chi connectivity index (χ1) is 12.5. The van der Waals surface area contributed by atoms with E-state index >= 15 is 0 Å². The van der Waals surface area contributed by atoms with Crippen molar-refractivity contribution in [2.45, 2.75) is 97.0 Å². The van der Waals surface area contributed by atoms with E-state index in [0.717, 1.165) is 18.8 Å². The topological polar surface area (TPSA) is 83.8 Å². The number of aliphatic hydroxyl groups is 2. The highest BCUT2D eigenvalue weighted by atomic mass is 16.6. The van der Waals surface area contributed by atoms with Crippen LogP contribution in [0.15, 0.2) is 11.3 Å². The Morgan fingerprint density at radius 3 is 2.15 bits per heavy atom. The summed E-state index contributed by atoms with van der Waals surface area (Å²) in [7, 11) is 0. The fourth-order valence-corrected chi connectivity index (χ4v) is 3.39. The lowest BCUT2D eigenvalue weighted by atomic mass is 9.95. The monoisotopic (exact) mass is 368 g/mol. The molecule has 1 aliphatic heterocycles. The molecule has 150 valence electrons. The van der Waals surface area contributed by atoms with Crippen LogP contribution in [0.2, 0.25) is 0 Å². The molecule has 0 aliphatic carbocycles. The van der Waals surface area contributed by atoms with Crippen LogP contribution in [0, 0.1) is 5.92 Å². The Morgan fingerprint density at radius 2 is 1.62 bits per heavy atom. The fourth-order valence-electron chi connectivity index (χ4n) is 3.39. The van der Waals surface area contributed by atoms with Crippen LogP contribution in [0.1, 0.15) is 90.9 Å². The summed E-state index contributed by atoms with van der Waals surface area (Å²) in [4.78, 5) is 23.6. The van der Waals surface area contributed by atoms with E-state index in [9.17, 15) is 14.7 Å². The maximum atomic E-state index is 12.1. The third-order valence-corrected chi connectivity index (χ3v) is 5.11. The van der Waals surface area contributed by atoms with Gasteiger partial charge in [-0.2, -0.15) is 0 Å². The van der Waals surface area contributed by atoms with Crippen molar-refractivity contribution < 1.29 is 24.5 Å². The molecule has 0 aromatic carbocycles. The smallest absolute Gasteiger partial charge is 0.346 e. The Hall–Kier alpha value is -1.36. The first-order valence-electron chi connectivity index (χ1n) is 10.3. The third-order valence-electron chi connectivity index (χ3n) is 5.11. The molecular formula is C21H36O5. The van der Waals surface area contributed by atoms with Crippen molar-refractivity contribution >= 4 is 11.8 Å².